The van der Waals surface area contributed by atoms with E-state index < -0.39 is 51.3 Å². The third-order valence-electron chi connectivity index (χ3n) is 8.77. The first-order valence-corrected chi connectivity index (χ1v) is 21.5. The second-order valence-electron chi connectivity index (χ2n) is 13.7. The second-order valence-corrected chi connectivity index (χ2v) is 14.9. The normalized spacial score (nSPS) is 19.5. The van der Waals surface area contributed by atoms with Crippen LogP contribution in [0.1, 0.15) is 123 Å². The molecule has 55 heavy (non-hydrogen) atoms. The Bertz CT molecular complexity index is 1320. The Morgan fingerprint density at radius 3 is 1.93 bits per heavy atom. The Labute approximate surface area is 329 Å². The van der Waals surface area contributed by atoms with Gasteiger partial charge in [-0.15, -0.1) is 0 Å². The number of rotatable bonds is 31. The summed E-state index contributed by atoms with van der Waals surface area (Å²) in [5.74, 6) is -1.93. The number of phosphoric ester groups is 1. The standard InChI is InChI=1S/C43H67O11P/c1-3-5-7-8-9-10-11-12-13-14-15-16-17-18-19-20-25-29-42(47)52-34-37(35-53-55(49,50)51)54-43(48)30-26-22-21-24-28-38-39(41(46)33-40(38)45)32-31-36(44)27-23-6-4-2/h5,7,9-10,12-13,15-16,18-19,21,24,31-32,36-39,41,44,46H,3-4,6,8,11,14,17,20,22-23,25-30,33-35H2,1-2H3,(H2,49,50,51)/b7-5-,10-9-,13-12-,16-15-,19-18-,24-21-,32-31+/t36-,37+,38+,39+,41+/m0/s1. The lowest BCUT2D eigenvalue weighted by molar-refractivity contribution is -0.161. The van der Waals surface area contributed by atoms with Gasteiger partial charge in [0, 0.05) is 31.1 Å². The van der Waals surface area contributed by atoms with Crippen LogP contribution >= 0.6 is 7.82 Å². The highest BCUT2D eigenvalue weighted by Gasteiger charge is 2.39. The van der Waals surface area contributed by atoms with Gasteiger partial charge in [-0.3, -0.25) is 18.9 Å². The summed E-state index contributed by atoms with van der Waals surface area (Å²) in [4.78, 5) is 55.5. The fraction of sp³-hybridized carbons (Fsp3) is 0.605. The van der Waals surface area contributed by atoms with Crippen molar-refractivity contribution in [1.82, 2.24) is 0 Å². The van der Waals surface area contributed by atoms with Gasteiger partial charge in [-0.2, -0.15) is 0 Å². The van der Waals surface area contributed by atoms with Crippen molar-refractivity contribution in [3.63, 3.8) is 0 Å². The second kappa shape index (κ2) is 32.0. The number of carbonyl (C=O) groups is 3. The summed E-state index contributed by atoms with van der Waals surface area (Å²) in [5.41, 5.74) is 0. The first-order valence-electron chi connectivity index (χ1n) is 20.0. The molecule has 0 unspecified atom stereocenters. The van der Waals surface area contributed by atoms with E-state index in [4.69, 9.17) is 19.3 Å². The van der Waals surface area contributed by atoms with E-state index in [0.29, 0.717) is 38.5 Å². The molecule has 1 rings (SSSR count). The number of unbranched alkanes of at least 4 members (excludes halogenated alkanes) is 4. The zero-order chi connectivity index (χ0) is 40.6. The maximum absolute atomic E-state index is 12.5. The summed E-state index contributed by atoms with van der Waals surface area (Å²) in [6.07, 6.45) is 36.8. The van der Waals surface area contributed by atoms with Crippen LogP contribution in [-0.4, -0.2) is 69.2 Å². The molecule has 0 aromatic heterocycles. The Morgan fingerprint density at radius 2 is 1.35 bits per heavy atom. The summed E-state index contributed by atoms with van der Waals surface area (Å²) in [7, 11) is -4.85. The van der Waals surface area contributed by atoms with Crippen LogP contribution in [0, 0.1) is 11.8 Å². The van der Waals surface area contributed by atoms with E-state index in [-0.39, 0.29) is 36.9 Å². The molecule has 1 fully saturated rings. The summed E-state index contributed by atoms with van der Waals surface area (Å²) >= 11 is 0. The number of allylic oxidation sites excluding steroid dienone is 12. The van der Waals surface area contributed by atoms with E-state index in [1.54, 1.807) is 12.2 Å². The molecule has 0 aliphatic heterocycles. The van der Waals surface area contributed by atoms with Gasteiger partial charge in [0.15, 0.2) is 6.10 Å². The van der Waals surface area contributed by atoms with Crippen molar-refractivity contribution < 1.29 is 52.9 Å². The lowest BCUT2D eigenvalue weighted by atomic mass is 9.90. The summed E-state index contributed by atoms with van der Waals surface area (Å²) in [6, 6.07) is 0. The molecule has 1 saturated carbocycles. The molecule has 0 heterocycles. The van der Waals surface area contributed by atoms with E-state index in [9.17, 15) is 29.2 Å². The molecular formula is C43H67O11P. The molecular weight excluding hydrogens is 723 g/mol. The average Bonchev–Trinajstić information content (AvgIpc) is 3.41. The van der Waals surface area contributed by atoms with Gasteiger partial charge in [0.05, 0.1) is 18.8 Å². The van der Waals surface area contributed by atoms with Gasteiger partial charge in [-0.1, -0.05) is 118 Å². The topological polar surface area (TPSA) is 177 Å². The van der Waals surface area contributed by atoms with Crippen molar-refractivity contribution in [2.75, 3.05) is 13.2 Å². The molecule has 11 nitrogen and oxygen atoms in total. The zero-order valence-electron chi connectivity index (χ0n) is 33.0. The number of ether oxygens (including phenoxy) is 2. The van der Waals surface area contributed by atoms with Gasteiger partial charge in [0.1, 0.15) is 12.4 Å². The van der Waals surface area contributed by atoms with Crippen molar-refractivity contribution in [2.45, 2.75) is 141 Å². The van der Waals surface area contributed by atoms with Gasteiger partial charge in [-0.05, 0) is 70.6 Å². The third kappa shape index (κ3) is 28.0. The molecule has 0 spiro atoms. The van der Waals surface area contributed by atoms with E-state index in [1.165, 1.54) is 0 Å². The summed E-state index contributed by atoms with van der Waals surface area (Å²) in [6.45, 7) is 3.17. The van der Waals surface area contributed by atoms with Crippen LogP contribution in [0.15, 0.2) is 85.1 Å². The number of aliphatic hydroxyl groups is 2. The van der Waals surface area contributed by atoms with Gasteiger partial charge in [-0.25, -0.2) is 4.57 Å². The minimum Gasteiger partial charge on any atom is -0.462 e. The number of aliphatic hydroxyl groups excluding tert-OH is 2. The molecule has 0 amide bonds. The van der Waals surface area contributed by atoms with Crippen molar-refractivity contribution in [1.29, 1.82) is 0 Å². The Morgan fingerprint density at radius 1 is 0.782 bits per heavy atom. The van der Waals surface area contributed by atoms with Gasteiger partial charge in [0.2, 0.25) is 0 Å². The highest BCUT2D eigenvalue weighted by atomic mass is 31.2. The SMILES string of the molecule is CC/C=C\C/C=C\C/C=C\C/C=C\C/C=C\CCCC(=O)OC[C@H](COP(=O)(O)O)OC(=O)CCC/C=C\C[C@H]1C(=O)C[C@@H](O)[C@@H]1/C=C/[C@@H](O)CCCCC. The smallest absolute Gasteiger partial charge is 0.462 e. The Hall–Kier alpha value is -3.18. The predicted octanol–water partition coefficient (Wildman–Crippen LogP) is 8.65. The lowest BCUT2D eigenvalue weighted by Crippen LogP contribution is -2.29. The Balaban J connectivity index is 2.37. The molecule has 0 aromatic carbocycles. The number of hydrogen-bond donors (Lipinski definition) is 4. The zero-order valence-corrected chi connectivity index (χ0v) is 33.9. The molecule has 4 N–H and O–H groups in total. The number of phosphoric acid groups is 1. The quantitative estimate of drug-likeness (QED) is 0.0229. The number of hydrogen-bond acceptors (Lipinski definition) is 9. The van der Waals surface area contributed by atoms with E-state index >= 15 is 0 Å². The molecule has 0 radical (unpaired) electrons. The first kappa shape index (κ1) is 49.8. The molecule has 0 bridgehead atoms. The average molecular weight is 791 g/mol. The van der Waals surface area contributed by atoms with Crippen LogP contribution in [0.4, 0.5) is 0 Å². The van der Waals surface area contributed by atoms with Crippen molar-refractivity contribution in [2.24, 2.45) is 11.8 Å². The number of esters is 2. The maximum Gasteiger partial charge on any atom is 0.469 e. The molecule has 1 aliphatic carbocycles. The molecule has 0 saturated heterocycles. The van der Waals surface area contributed by atoms with E-state index in [1.807, 2.05) is 24.3 Å². The number of carbonyl (C=O) groups excluding carboxylic acids is 3. The lowest BCUT2D eigenvalue weighted by Gasteiger charge is -2.18. The molecule has 5 atom stereocenters. The van der Waals surface area contributed by atoms with Crippen LogP contribution in [0.3, 0.4) is 0 Å². The van der Waals surface area contributed by atoms with Crippen LogP contribution in [0.25, 0.3) is 0 Å². The fourth-order valence-corrected chi connectivity index (χ4v) is 6.10. The largest absolute Gasteiger partial charge is 0.469 e. The number of ketones is 1. The van der Waals surface area contributed by atoms with Gasteiger partial charge in [0.25, 0.3) is 0 Å². The molecule has 0 aromatic rings. The van der Waals surface area contributed by atoms with Crippen LogP contribution in [0.5, 0.6) is 0 Å². The van der Waals surface area contributed by atoms with E-state index in [2.05, 4.69) is 67.0 Å². The first-order chi connectivity index (χ1) is 26.5. The molecule has 12 heteroatoms. The minimum atomic E-state index is -4.85. The monoisotopic (exact) mass is 790 g/mol. The van der Waals surface area contributed by atoms with Crippen LogP contribution < -0.4 is 0 Å². The van der Waals surface area contributed by atoms with E-state index in [0.717, 1.165) is 51.4 Å². The highest BCUT2D eigenvalue weighted by Crippen LogP contribution is 2.36. The minimum absolute atomic E-state index is 0.000298. The highest BCUT2D eigenvalue weighted by molar-refractivity contribution is 7.46. The fourth-order valence-electron chi connectivity index (χ4n) is 5.74. The van der Waals surface area contributed by atoms with Crippen molar-refractivity contribution >= 4 is 25.5 Å². The van der Waals surface area contributed by atoms with Crippen LogP contribution in [0.2, 0.25) is 0 Å². The predicted molar refractivity (Wildman–Crippen MR) is 217 cm³/mol. The third-order valence-corrected chi connectivity index (χ3v) is 9.25. The summed E-state index contributed by atoms with van der Waals surface area (Å²) < 4.78 is 26.3. The van der Waals surface area contributed by atoms with Crippen molar-refractivity contribution in [3.05, 3.63) is 85.1 Å². The molecule has 1 aliphatic rings. The molecule has 310 valence electrons. The van der Waals surface area contributed by atoms with Gasteiger partial charge < -0.3 is 29.5 Å². The van der Waals surface area contributed by atoms with Gasteiger partial charge >= 0.3 is 19.8 Å². The van der Waals surface area contributed by atoms with Crippen LogP contribution in [-0.2, 0) is 32.9 Å². The maximum atomic E-state index is 12.5. The Kier molecular flexibility index (Phi) is 29.0. The van der Waals surface area contributed by atoms with Crippen molar-refractivity contribution in [3.8, 4) is 0 Å². The summed E-state index contributed by atoms with van der Waals surface area (Å²) in [5, 5.41) is 20.6. The number of Topliss-reactive ketones (excluding diaryl/α,β-unsaturated/α-hetero) is 1.